The molecule has 0 aliphatic carbocycles. The maximum absolute atomic E-state index is 3.37. The lowest BCUT2D eigenvalue weighted by molar-refractivity contribution is 0.212. The standard InChI is InChI=1S/C19H29N3/c1-21(11-7-14-22-12-5-2-6-13-22)15-10-17-16-20-19-9-4-3-8-18(17)19/h3-4,8-9,16,20H,2,5-7,10-15H2,1H3. The van der Waals surface area contributed by atoms with Crippen LogP contribution in [0, 0.1) is 0 Å². The van der Waals surface area contributed by atoms with E-state index in [9.17, 15) is 0 Å². The van der Waals surface area contributed by atoms with E-state index in [0.29, 0.717) is 0 Å². The van der Waals surface area contributed by atoms with Crippen molar-refractivity contribution in [2.75, 3.05) is 39.8 Å². The van der Waals surface area contributed by atoms with E-state index < -0.39 is 0 Å². The maximum atomic E-state index is 3.37. The quantitative estimate of drug-likeness (QED) is 0.845. The molecule has 22 heavy (non-hydrogen) atoms. The predicted molar refractivity (Wildman–Crippen MR) is 94.4 cm³/mol. The van der Waals surface area contributed by atoms with Crippen molar-refractivity contribution in [1.29, 1.82) is 0 Å². The Kier molecular flexibility index (Phi) is 5.52. The van der Waals surface area contributed by atoms with Gasteiger partial charge in [0.1, 0.15) is 0 Å². The molecular weight excluding hydrogens is 270 g/mol. The van der Waals surface area contributed by atoms with Gasteiger partial charge in [0, 0.05) is 23.6 Å². The van der Waals surface area contributed by atoms with Gasteiger partial charge in [0.2, 0.25) is 0 Å². The smallest absolute Gasteiger partial charge is 0.0456 e. The molecule has 1 fully saturated rings. The number of hydrogen-bond acceptors (Lipinski definition) is 2. The Labute approximate surface area is 134 Å². The largest absolute Gasteiger partial charge is 0.361 e. The van der Waals surface area contributed by atoms with Crippen LogP contribution in [0.15, 0.2) is 30.5 Å². The van der Waals surface area contributed by atoms with Gasteiger partial charge in [-0.1, -0.05) is 24.6 Å². The molecular formula is C19H29N3. The third-order valence-corrected chi connectivity index (χ3v) is 4.90. The summed E-state index contributed by atoms with van der Waals surface area (Å²) in [6.45, 7) is 6.26. The summed E-state index contributed by atoms with van der Waals surface area (Å²) >= 11 is 0. The van der Waals surface area contributed by atoms with Crippen LogP contribution in [-0.4, -0.2) is 54.6 Å². The molecule has 3 heteroatoms. The van der Waals surface area contributed by atoms with E-state index in [4.69, 9.17) is 0 Å². The number of aromatic amines is 1. The van der Waals surface area contributed by atoms with E-state index in [1.807, 2.05) is 0 Å². The molecule has 0 spiro atoms. The fourth-order valence-electron chi connectivity index (χ4n) is 3.51. The lowest BCUT2D eigenvalue weighted by Crippen LogP contribution is -2.33. The molecule has 1 aromatic heterocycles. The van der Waals surface area contributed by atoms with Gasteiger partial charge in [0.15, 0.2) is 0 Å². The van der Waals surface area contributed by atoms with Crippen LogP contribution in [0.25, 0.3) is 10.9 Å². The van der Waals surface area contributed by atoms with Crippen molar-refractivity contribution in [2.45, 2.75) is 32.1 Å². The fraction of sp³-hybridized carbons (Fsp3) is 0.579. The van der Waals surface area contributed by atoms with Crippen LogP contribution in [0.3, 0.4) is 0 Å². The average Bonchev–Trinajstić information content (AvgIpc) is 2.97. The van der Waals surface area contributed by atoms with Crippen molar-refractivity contribution in [3.05, 3.63) is 36.0 Å². The van der Waals surface area contributed by atoms with Crippen LogP contribution in [0.5, 0.6) is 0 Å². The Balaban J connectivity index is 1.39. The Morgan fingerprint density at radius 3 is 2.77 bits per heavy atom. The molecule has 0 amide bonds. The van der Waals surface area contributed by atoms with Gasteiger partial charge < -0.3 is 14.8 Å². The molecule has 1 saturated heterocycles. The van der Waals surface area contributed by atoms with Crippen LogP contribution >= 0.6 is 0 Å². The lowest BCUT2D eigenvalue weighted by Gasteiger charge is -2.27. The van der Waals surface area contributed by atoms with Crippen molar-refractivity contribution in [1.82, 2.24) is 14.8 Å². The number of rotatable bonds is 7. The SMILES string of the molecule is CN(CCCN1CCCCC1)CCc1c[nH]c2ccccc12. The molecule has 0 unspecified atom stereocenters. The summed E-state index contributed by atoms with van der Waals surface area (Å²) in [6, 6.07) is 8.59. The first-order valence-electron chi connectivity index (χ1n) is 8.79. The number of nitrogens with zero attached hydrogens (tertiary/aromatic N) is 2. The Morgan fingerprint density at radius 2 is 1.91 bits per heavy atom. The number of aromatic nitrogens is 1. The van der Waals surface area contributed by atoms with Crippen molar-refractivity contribution in [3.63, 3.8) is 0 Å². The predicted octanol–water partition coefficient (Wildman–Crippen LogP) is 3.52. The van der Waals surface area contributed by atoms with Gasteiger partial charge in [-0.3, -0.25) is 0 Å². The monoisotopic (exact) mass is 299 g/mol. The normalized spacial score (nSPS) is 16.6. The number of H-pyrrole nitrogens is 1. The van der Waals surface area contributed by atoms with Gasteiger partial charge in [0.25, 0.3) is 0 Å². The molecule has 0 atom stereocenters. The summed E-state index contributed by atoms with van der Waals surface area (Å²) in [5, 5.41) is 1.38. The van der Waals surface area contributed by atoms with Crippen molar-refractivity contribution in [3.8, 4) is 0 Å². The van der Waals surface area contributed by atoms with Gasteiger partial charge in [-0.05, 0) is 70.5 Å². The molecule has 0 radical (unpaired) electrons. The summed E-state index contributed by atoms with van der Waals surface area (Å²) in [5.41, 5.74) is 2.70. The summed E-state index contributed by atoms with van der Waals surface area (Å²) in [4.78, 5) is 8.49. The van der Waals surface area contributed by atoms with Gasteiger partial charge in [-0.25, -0.2) is 0 Å². The van der Waals surface area contributed by atoms with Crippen LogP contribution in [0.4, 0.5) is 0 Å². The van der Waals surface area contributed by atoms with E-state index in [1.165, 1.54) is 68.3 Å². The number of piperidine rings is 1. The number of likely N-dealkylation sites (tertiary alicyclic amines) is 1. The first-order chi connectivity index (χ1) is 10.8. The van der Waals surface area contributed by atoms with Crippen LogP contribution in [0.1, 0.15) is 31.2 Å². The molecule has 2 heterocycles. The van der Waals surface area contributed by atoms with Gasteiger partial charge in [-0.2, -0.15) is 0 Å². The lowest BCUT2D eigenvalue weighted by atomic mass is 10.1. The molecule has 1 N–H and O–H groups in total. The van der Waals surface area contributed by atoms with Gasteiger partial charge in [0.05, 0.1) is 0 Å². The van der Waals surface area contributed by atoms with Crippen LogP contribution in [-0.2, 0) is 6.42 Å². The third kappa shape index (κ3) is 4.11. The molecule has 120 valence electrons. The van der Waals surface area contributed by atoms with Gasteiger partial charge >= 0.3 is 0 Å². The highest BCUT2D eigenvalue weighted by Crippen LogP contribution is 2.18. The molecule has 1 aliphatic rings. The minimum Gasteiger partial charge on any atom is -0.361 e. The Hall–Kier alpha value is -1.32. The molecule has 1 aliphatic heterocycles. The molecule has 2 aromatic rings. The van der Waals surface area contributed by atoms with E-state index in [0.717, 1.165) is 13.0 Å². The van der Waals surface area contributed by atoms with E-state index in [2.05, 4.69) is 52.3 Å². The summed E-state index contributed by atoms with van der Waals surface area (Å²) in [5.74, 6) is 0. The highest BCUT2D eigenvalue weighted by Gasteiger charge is 2.10. The maximum Gasteiger partial charge on any atom is 0.0456 e. The molecule has 0 saturated carbocycles. The zero-order valence-electron chi connectivity index (χ0n) is 13.9. The zero-order chi connectivity index (χ0) is 15.2. The minimum absolute atomic E-state index is 1.13. The first-order valence-corrected chi connectivity index (χ1v) is 8.79. The minimum atomic E-state index is 1.13. The molecule has 1 aromatic carbocycles. The number of likely N-dealkylation sites (N-methyl/N-ethyl adjacent to an activating group) is 1. The molecule has 3 nitrogen and oxygen atoms in total. The third-order valence-electron chi connectivity index (χ3n) is 4.90. The topological polar surface area (TPSA) is 22.3 Å². The Bertz CT molecular complexity index is 569. The molecule has 0 bridgehead atoms. The van der Waals surface area contributed by atoms with E-state index >= 15 is 0 Å². The van der Waals surface area contributed by atoms with Crippen LogP contribution < -0.4 is 0 Å². The fourth-order valence-corrected chi connectivity index (χ4v) is 3.51. The summed E-state index contributed by atoms with van der Waals surface area (Å²) in [6.07, 6.45) is 8.83. The van der Waals surface area contributed by atoms with Crippen LogP contribution in [0.2, 0.25) is 0 Å². The second kappa shape index (κ2) is 7.80. The van der Waals surface area contributed by atoms with Crippen molar-refractivity contribution < 1.29 is 0 Å². The van der Waals surface area contributed by atoms with Gasteiger partial charge in [-0.15, -0.1) is 0 Å². The van der Waals surface area contributed by atoms with Crippen molar-refractivity contribution in [2.24, 2.45) is 0 Å². The van der Waals surface area contributed by atoms with E-state index in [-0.39, 0.29) is 0 Å². The summed E-state index contributed by atoms with van der Waals surface area (Å²) < 4.78 is 0. The Morgan fingerprint density at radius 1 is 1.09 bits per heavy atom. The average molecular weight is 299 g/mol. The number of fused-ring (bicyclic) bond motifs is 1. The zero-order valence-corrected chi connectivity index (χ0v) is 13.9. The van der Waals surface area contributed by atoms with Crippen molar-refractivity contribution >= 4 is 10.9 Å². The van der Waals surface area contributed by atoms with E-state index in [1.54, 1.807) is 0 Å². The highest BCUT2D eigenvalue weighted by molar-refractivity contribution is 5.83. The number of para-hydroxylation sites is 1. The first kappa shape index (κ1) is 15.6. The number of benzene rings is 1. The number of nitrogens with one attached hydrogen (secondary N) is 1. The second-order valence-corrected chi connectivity index (χ2v) is 6.67. The highest BCUT2D eigenvalue weighted by atomic mass is 15.1. The summed E-state index contributed by atoms with van der Waals surface area (Å²) in [7, 11) is 2.26. The second-order valence-electron chi connectivity index (χ2n) is 6.67. The number of hydrogen-bond donors (Lipinski definition) is 1. The molecule has 3 rings (SSSR count).